The third kappa shape index (κ3) is 2.25. The smallest absolute Gasteiger partial charge is 0.321 e. The molecule has 3 N–H and O–H groups in total. The Morgan fingerprint density at radius 2 is 2.00 bits per heavy atom. The van der Waals surface area contributed by atoms with Gasteiger partial charge in [0, 0.05) is 5.69 Å². The van der Waals surface area contributed by atoms with Crippen LogP contribution in [0.3, 0.4) is 0 Å². The summed E-state index contributed by atoms with van der Waals surface area (Å²) >= 11 is 0. The Bertz CT molecular complexity index is 435. The van der Waals surface area contributed by atoms with E-state index in [4.69, 9.17) is 10.2 Å². The quantitative estimate of drug-likeness (QED) is 0.799. The van der Waals surface area contributed by atoms with Gasteiger partial charge in [0.1, 0.15) is 0 Å². The van der Waals surface area contributed by atoms with Crippen molar-refractivity contribution in [1.29, 1.82) is 0 Å². The van der Waals surface area contributed by atoms with Gasteiger partial charge in [0.25, 0.3) is 0 Å². The van der Waals surface area contributed by atoms with Gasteiger partial charge in [0.05, 0.1) is 0 Å². The Morgan fingerprint density at radius 3 is 2.53 bits per heavy atom. The minimum Gasteiger partial charge on any atom is -0.389 e. The molecule has 5 heteroatoms. The SMILES string of the molecule is CCc1ccc(Nc2nnc(N)o2)cc1. The Morgan fingerprint density at radius 1 is 1.27 bits per heavy atom. The predicted molar refractivity (Wildman–Crippen MR) is 57.8 cm³/mol. The zero-order chi connectivity index (χ0) is 10.7. The van der Waals surface area contributed by atoms with Crippen molar-refractivity contribution in [2.75, 3.05) is 11.1 Å². The molecule has 0 bridgehead atoms. The molecule has 0 saturated carbocycles. The van der Waals surface area contributed by atoms with Gasteiger partial charge in [0.15, 0.2) is 0 Å². The van der Waals surface area contributed by atoms with Crippen LogP contribution in [-0.2, 0) is 6.42 Å². The summed E-state index contributed by atoms with van der Waals surface area (Å²) in [6.45, 7) is 2.11. The number of hydrogen-bond donors (Lipinski definition) is 2. The second-order valence-corrected chi connectivity index (χ2v) is 3.12. The lowest BCUT2D eigenvalue weighted by atomic mass is 10.1. The highest BCUT2D eigenvalue weighted by molar-refractivity contribution is 5.52. The molecule has 0 aliphatic carbocycles. The number of anilines is 3. The monoisotopic (exact) mass is 204 g/mol. The van der Waals surface area contributed by atoms with E-state index in [-0.39, 0.29) is 6.01 Å². The van der Waals surface area contributed by atoms with Crippen LogP contribution in [0.15, 0.2) is 28.7 Å². The maximum Gasteiger partial charge on any atom is 0.321 e. The van der Waals surface area contributed by atoms with Crippen molar-refractivity contribution in [1.82, 2.24) is 10.2 Å². The van der Waals surface area contributed by atoms with Crippen LogP contribution in [0.1, 0.15) is 12.5 Å². The van der Waals surface area contributed by atoms with Gasteiger partial charge in [-0.3, -0.25) is 0 Å². The normalized spacial score (nSPS) is 10.2. The highest BCUT2D eigenvalue weighted by Gasteiger charge is 2.01. The molecule has 0 aliphatic rings. The minimum atomic E-state index is 0.0580. The van der Waals surface area contributed by atoms with Gasteiger partial charge < -0.3 is 15.5 Å². The summed E-state index contributed by atoms with van der Waals surface area (Å²) in [6.07, 6.45) is 1.02. The number of nitrogen functional groups attached to an aromatic ring is 1. The van der Waals surface area contributed by atoms with Crippen molar-refractivity contribution in [3.05, 3.63) is 29.8 Å². The molecule has 1 aromatic carbocycles. The van der Waals surface area contributed by atoms with E-state index < -0.39 is 0 Å². The molecule has 15 heavy (non-hydrogen) atoms. The van der Waals surface area contributed by atoms with Crippen LogP contribution in [0, 0.1) is 0 Å². The summed E-state index contributed by atoms with van der Waals surface area (Å²) in [5.41, 5.74) is 7.48. The summed E-state index contributed by atoms with van der Waals surface area (Å²) in [7, 11) is 0. The zero-order valence-corrected chi connectivity index (χ0v) is 8.40. The van der Waals surface area contributed by atoms with E-state index in [0.29, 0.717) is 6.01 Å². The lowest BCUT2D eigenvalue weighted by Gasteiger charge is -2.01. The molecule has 1 heterocycles. The fourth-order valence-electron chi connectivity index (χ4n) is 1.23. The molecule has 2 rings (SSSR count). The molecule has 2 aromatic rings. The van der Waals surface area contributed by atoms with E-state index in [0.717, 1.165) is 12.1 Å². The van der Waals surface area contributed by atoms with Gasteiger partial charge in [-0.05, 0) is 24.1 Å². The van der Waals surface area contributed by atoms with Crippen LogP contribution in [0.25, 0.3) is 0 Å². The van der Waals surface area contributed by atoms with Crippen LogP contribution >= 0.6 is 0 Å². The van der Waals surface area contributed by atoms with E-state index >= 15 is 0 Å². The molecule has 78 valence electrons. The zero-order valence-electron chi connectivity index (χ0n) is 8.40. The van der Waals surface area contributed by atoms with E-state index in [2.05, 4.69) is 22.4 Å². The van der Waals surface area contributed by atoms with E-state index in [1.54, 1.807) is 0 Å². The molecule has 0 radical (unpaired) electrons. The molecule has 0 saturated heterocycles. The second-order valence-electron chi connectivity index (χ2n) is 3.12. The van der Waals surface area contributed by atoms with E-state index in [1.165, 1.54) is 5.56 Å². The minimum absolute atomic E-state index is 0.0580. The highest BCUT2D eigenvalue weighted by atomic mass is 16.4. The lowest BCUT2D eigenvalue weighted by Crippen LogP contribution is -1.90. The summed E-state index contributed by atoms with van der Waals surface area (Å²) in [4.78, 5) is 0. The van der Waals surface area contributed by atoms with Crippen molar-refractivity contribution in [2.24, 2.45) is 0 Å². The average Bonchev–Trinajstić information content (AvgIpc) is 2.65. The summed E-state index contributed by atoms with van der Waals surface area (Å²) in [6, 6.07) is 8.36. The fraction of sp³-hybridized carbons (Fsp3) is 0.200. The molecule has 5 nitrogen and oxygen atoms in total. The van der Waals surface area contributed by atoms with E-state index in [9.17, 15) is 0 Å². The maximum absolute atomic E-state index is 5.30. The van der Waals surface area contributed by atoms with Crippen molar-refractivity contribution in [3.8, 4) is 0 Å². The van der Waals surface area contributed by atoms with Crippen molar-refractivity contribution in [3.63, 3.8) is 0 Å². The largest absolute Gasteiger partial charge is 0.389 e. The molecule has 0 atom stereocenters. The van der Waals surface area contributed by atoms with Gasteiger partial charge in [0.2, 0.25) is 0 Å². The van der Waals surface area contributed by atoms with Gasteiger partial charge in [-0.25, -0.2) is 0 Å². The summed E-state index contributed by atoms with van der Waals surface area (Å²) < 4.78 is 4.99. The third-order valence-corrected chi connectivity index (χ3v) is 2.05. The Hall–Kier alpha value is -2.04. The Kier molecular flexibility index (Phi) is 2.53. The van der Waals surface area contributed by atoms with Crippen molar-refractivity contribution in [2.45, 2.75) is 13.3 Å². The van der Waals surface area contributed by atoms with Crippen LogP contribution in [0.2, 0.25) is 0 Å². The van der Waals surface area contributed by atoms with Gasteiger partial charge in [-0.1, -0.05) is 29.3 Å². The van der Waals surface area contributed by atoms with Crippen LogP contribution in [0.5, 0.6) is 0 Å². The molecule has 0 amide bonds. The molecule has 0 unspecified atom stereocenters. The van der Waals surface area contributed by atoms with Crippen molar-refractivity contribution >= 4 is 17.7 Å². The van der Waals surface area contributed by atoms with E-state index in [1.807, 2.05) is 24.3 Å². The molecule has 0 fully saturated rings. The van der Waals surface area contributed by atoms with Crippen LogP contribution in [-0.4, -0.2) is 10.2 Å². The standard InChI is InChI=1S/C10H12N4O/c1-2-7-3-5-8(6-4-7)12-10-14-13-9(11)15-10/h3-6H,2H2,1H3,(H2,11,13)(H,12,14). The topological polar surface area (TPSA) is 77.0 Å². The molecule has 0 aliphatic heterocycles. The second kappa shape index (κ2) is 4.00. The van der Waals surface area contributed by atoms with Gasteiger partial charge in [-0.15, -0.1) is 0 Å². The number of benzene rings is 1. The average molecular weight is 204 g/mol. The van der Waals surface area contributed by atoms with Crippen LogP contribution < -0.4 is 11.1 Å². The first-order valence-electron chi connectivity index (χ1n) is 4.73. The summed E-state index contributed by atoms with van der Waals surface area (Å²) in [5, 5.41) is 10.2. The van der Waals surface area contributed by atoms with Crippen LogP contribution in [0.4, 0.5) is 17.7 Å². The predicted octanol–water partition coefficient (Wildman–Crippen LogP) is 1.96. The molecular formula is C10H12N4O. The Labute approximate surface area is 87.3 Å². The van der Waals surface area contributed by atoms with Gasteiger partial charge in [-0.2, -0.15) is 0 Å². The molecule has 1 aromatic heterocycles. The number of nitrogens with zero attached hydrogens (tertiary/aromatic N) is 2. The van der Waals surface area contributed by atoms with Gasteiger partial charge >= 0.3 is 12.0 Å². The number of nitrogens with two attached hydrogens (primary N) is 1. The molecule has 0 spiro atoms. The maximum atomic E-state index is 5.30. The number of aryl methyl sites for hydroxylation is 1. The first kappa shape index (κ1) is 9.51. The Balaban J connectivity index is 2.11. The molecular weight excluding hydrogens is 192 g/mol. The van der Waals surface area contributed by atoms with Crippen molar-refractivity contribution < 1.29 is 4.42 Å². The first-order chi connectivity index (χ1) is 7.28. The fourth-order valence-corrected chi connectivity index (χ4v) is 1.23. The first-order valence-corrected chi connectivity index (χ1v) is 4.73. The third-order valence-electron chi connectivity index (χ3n) is 2.05. The number of nitrogens with one attached hydrogen (secondary N) is 1. The summed E-state index contributed by atoms with van der Waals surface area (Å²) in [5.74, 6) is 0. The number of aromatic nitrogens is 2. The lowest BCUT2D eigenvalue weighted by molar-refractivity contribution is 0.593. The highest BCUT2D eigenvalue weighted by Crippen LogP contribution is 2.16. The number of rotatable bonds is 3. The number of hydrogen-bond acceptors (Lipinski definition) is 5.